The average Bonchev–Trinajstić information content (AvgIpc) is 3.07. The maximum absolute atomic E-state index is 12.4. The molecule has 0 unspecified atom stereocenters. The number of hydrogen-bond acceptors (Lipinski definition) is 5. The highest BCUT2D eigenvalue weighted by Crippen LogP contribution is 2.38. The van der Waals surface area contributed by atoms with Gasteiger partial charge in [0.25, 0.3) is 0 Å². The van der Waals surface area contributed by atoms with Crippen molar-refractivity contribution in [3.8, 4) is 0 Å². The first-order chi connectivity index (χ1) is 9.58. The second-order valence-electron chi connectivity index (χ2n) is 5.14. The van der Waals surface area contributed by atoms with Gasteiger partial charge in [0.05, 0.1) is 10.7 Å². The number of aryl methyl sites for hydroxylation is 1. The molecular weight excluding hydrogens is 276 g/mol. The van der Waals surface area contributed by atoms with Gasteiger partial charge < -0.3 is 16.3 Å². The van der Waals surface area contributed by atoms with Gasteiger partial charge in [0.2, 0.25) is 5.91 Å². The quantitative estimate of drug-likeness (QED) is 0.331. The highest BCUT2D eigenvalue weighted by molar-refractivity contribution is 7.09. The molecule has 1 aromatic heterocycles. The Bertz CT molecular complexity index is 506. The van der Waals surface area contributed by atoms with Gasteiger partial charge in [0, 0.05) is 18.3 Å². The number of nitrogens with zero attached hydrogens (tertiary/aromatic N) is 2. The molecule has 6 nitrogen and oxygen atoms in total. The molecule has 1 aliphatic carbocycles. The van der Waals surface area contributed by atoms with Crippen molar-refractivity contribution in [3.63, 3.8) is 0 Å². The van der Waals surface area contributed by atoms with Gasteiger partial charge in [-0.1, -0.05) is 18.0 Å². The fourth-order valence-corrected chi connectivity index (χ4v) is 3.32. The molecule has 1 aliphatic rings. The van der Waals surface area contributed by atoms with E-state index in [0.717, 1.165) is 23.5 Å². The van der Waals surface area contributed by atoms with E-state index < -0.39 is 5.41 Å². The summed E-state index contributed by atoms with van der Waals surface area (Å²) in [5.41, 5.74) is 5.89. The lowest BCUT2D eigenvalue weighted by molar-refractivity contribution is -0.127. The fourth-order valence-electron chi connectivity index (χ4n) is 2.67. The van der Waals surface area contributed by atoms with Gasteiger partial charge in [-0.05, 0) is 19.8 Å². The van der Waals surface area contributed by atoms with Crippen LogP contribution in [0.3, 0.4) is 0 Å². The van der Waals surface area contributed by atoms with Gasteiger partial charge in [-0.15, -0.1) is 11.3 Å². The number of aromatic nitrogens is 1. The van der Waals surface area contributed by atoms with E-state index in [1.54, 1.807) is 11.3 Å². The molecule has 1 aromatic rings. The molecule has 0 saturated heterocycles. The van der Waals surface area contributed by atoms with E-state index in [0.29, 0.717) is 25.8 Å². The summed E-state index contributed by atoms with van der Waals surface area (Å²) in [7, 11) is 0. The first kappa shape index (κ1) is 14.8. The van der Waals surface area contributed by atoms with Gasteiger partial charge in [-0.3, -0.25) is 4.79 Å². The highest BCUT2D eigenvalue weighted by Gasteiger charge is 2.45. The summed E-state index contributed by atoms with van der Waals surface area (Å²) in [6, 6.07) is 0. The fraction of sp³-hybridized carbons (Fsp3) is 0.615. The zero-order valence-electron chi connectivity index (χ0n) is 11.6. The molecule has 0 aromatic carbocycles. The SMILES string of the molecule is Cc1nc(CCNC(=O)C2(C(N)=NO)CCCC2)cs1. The third-order valence-electron chi connectivity index (χ3n) is 3.82. The van der Waals surface area contributed by atoms with E-state index in [1.807, 2.05) is 12.3 Å². The average molecular weight is 296 g/mol. The second-order valence-corrected chi connectivity index (χ2v) is 6.20. The van der Waals surface area contributed by atoms with E-state index in [4.69, 9.17) is 10.9 Å². The molecule has 0 radical (unpaired) electrons. The molecular formula is C13H20N4O2S. The summed E-state index contributed by atoms with van der Waals surface area (Å²) in [6.07, 6.45) is 3.83. The number of carbonyl (C=O) groups excluding carboxylic acids is 1. The van der Waals surface area contributed by atoms with E-state index >= 15 is 0 Å². The number of hydrogen-bond donors (Lipinski definition) is 3. The summed E-state index contributed by atoms with van der Waals surface area (Å²) >= 11 is 1.60. The van der Waals surface area contributed by atoms with Gasteiger partial charge >= 0.3 is 0 Å². The van der Waals surface area contributed by atoms with Gasteiger partial charge in [0.1, 0.15) is 5.41 Å². The number of thiazole rings is 1. The molecule has 0 bridgehead atoms. The summed E-state index contributed by atoms with van der Waals surface area (Å²) in [5.74, 6) is -0.116. The zero-order chi connectivity index (χ0) is 14.6. The molecule has 110 valence electrons. The Hall–Kier alpha value is -1.63. The minimum absolute atomic E-state index is 0.0250. The minimum atomic E-state index is -0.827. The standard InChI is InChI=1S/C13H20N4O2S/c1-9-16-10(8-20-9)4-7-15-12(18)13(11(14)17-19)5-2-3-6-13/h8,19H,2-7H2,1H3,(H2,14,17)(H,15,18). The zero-order valence-corrected chi connectivity index (χ0v) is 12.4. The van der Waals surface area contributed by atoms with Crippen LogP contribution in [0.1, 0.15) is 36.4 Å². The first-order valence-electron chi connectivity index (χ1n) is 6.76. The van der Waals surface area contributed by atoms with Gasteiger partial charge in [0.15, 0.2) is 5.84 Å². The van der Waals surface area contributed by atoms with E-state index in [9.17, 15) is 4.79 Å². The van der Waals surface area contributed by atoms with Crippen molar-refractivity contribution in [3.05, 3.63) is 16.1 Å². The van der Waals surface area contributed by atoms with Crippen molar-refractivity contribution >= 4 is 23.1 Å². The highest BCUT2D eigenvalue weighted by atomic mass is 32.1. The molecule has 1 saturated carbocycles. The van der Waals surface area contributed by atoms with Crippen LogP contribution < -0.4 is 11.1 Å². The van der Waals surface area contributed by atoms with E-state index in [2.05, 4.69) is 15.5 Å². The molecule has 0 atom stereocenters. The van der Waals surface area contributed by atoms with Crippen LogP contribution in [-0.2, 0) is 11.2 Å². The summed E-state index contributed by atoms with van der Waals surface area (Å²) < 4.78 is 0. The van der Waals surface area contributed by atoms with Crippen molar-refractivity contribution < 1.29 is 10.0 Å². The smallest absolute Gasteiger partial charge is 0.233 e. The van der Waals surface area contributed by atoms with E-state index in [-0.39, 0.29) is 11.7 Å². The normalized spacial score (nSPS) is 18.1. The summed E-state index contributed by atoms with van der Waals surface area (Å²) in [6.45, 7) is 2.47. The topological polar surface area (TPSA) is 101 Å². The van der Waals surface area contributed by atoms with Crippen LogP contribution in [0.2, 0.25) is 0 Å². The first-order valence-corrected chi connectivity index (χ1v) is 7.64. The Kier molecular flexibility index (Phi) is 4.59. The number of nitrogens with one attached hydrogen (secondary N) is 1. The molecule has 1 fully saturated rings. The van der Waals surface area contributed by atoms with Crippen LogP contribution in [-0.4, -0.2) is 28.5 Å². The maximum Gasteiger partial charge on any atom is 0.233 e. The predicted molar refractivity (Wildman–Crippen MR) is 77.9 cm³/mol. The number of oxime groups is 1. The minimum Gasteiger partial charge on any atom is -0.409 e. The van der Waals surface area contributed by atoms with Gasteiger partial charge in [-0.2, -0.15) is 0 Å². The lowest BCUT2D eigenvalue weighted by atomic mass is 9.84. The van der Waals surface area contributed by atoms with Crippen LogP contribution in [0.4, 0.5) is 0 Å². The Morgan fingerprint density at radius 1 is 1.60 bits per heavy atom. The van der Waals surface area contributed by atoms with Crippen LogP contribution >= 0.6 is 11.3 Å². The molecule has 7 heteroatoms. The van der Waals surface area contributed by atoms with Crippen LogP contribution in [0.15, 0.2) is 10.5 Å². The molecule has 20 heavy (non-hydrogen) atoms. The number of amidine groups is 1. The lowest BCUT2D eigenvalue weighted by Gasteiger charge is -2.25. The molecule has 0 spiro atoms. The maximum atomic E-state index is 12.4. The van der Waals surface area contributed by atoms with Crippen molar-refractivity contribution in [2.75, 3.05) is 6.54 Å². The van der Waals surface area contributed by atoms with Crippen LogP contribution in [0.5, 0.6) is 0 Å². The Morgan fingerprint density at radius 2 is 2.30 bits per heavy atom. The molecule has 2 rings (SSSR count). The second kappa shape index (κ2) is 6.21. The third-order valence-corrected chi connectivity index (χ3v) is 4.65. The van der Waals surface area contributed by atoms with Crippen molar-refractivity contribution in [2.24, 2.45) is 16.3 Å². The van der Waals surface area contributed by atoms with Crippen LogP contribution in [0, 0.1) is 12.3 Å². The van der Waals surface area contributed by atoms with Gasteiger partial charge in [-0.25, -0.2) is 4.98 Å². The summed E-state index contributed by atoms with van der Waals surface area (Å²) in [4.78, 5) is 16.7. The monoisotopic (exact) mass is 296 g/mol. The Balaban J connectivity index is 1.93. The summed E-state index contributed by atoms with van der Waals surface area (Å²) in [5, 5.41) is 17.9. The predicted octanol–water partition coefficient (Wildman–Crippen LogP) is 1.42. The van der Waals surface area contributed by atoms with E-state index in [1.165, 1.54) is 0 Å². The van der Waals surface area contributed by atoms with Crippen molar-refractivity contribution in [1.29, 1.82) is 0 Å². The largest absolute Gasteiger partial charge is 0.409 e. The molecule has 1 amide bonds. The molecule has 4 N–H and O–H groups in total. The third kappa shape index (κ3) is 2.92. The van der Waals surface area contributed by atoms with Crippen molar-refractivity contribution in [2.45, 2.75) is 39.0 Å². The van der Waals surface area contributed by atoms with Crippen LogP contribution in [0.25, 0.3) is 0 Å². The number of nitrogens with two attached hydrogens (primary N) is 1. The Labute approximate surface area is 122 Å². The Morgan fingerprint density at radius 3 is 2.85 bits per heavy atom. The lowest BCUT2D eigenvalue weighted by Crippen LogP contribution is -2.48. The molecule has 1 heterocycles. The van der Waals surface area contributed by atoms with Crippen molar-refractivity contribution in [1.82, 2.24) is 10.3 Å². The number of amides is 1. The number of rotatable bonds is 5. The molecule has 0 aliphatic heterocycles. The number of carbonyl (C=O) groups is 1.